The molecule has 12 heteroatoms. The Kier molecular flexibility index (Phi) is 8.47. The Bertz CT molecular complexity index is 1360. The summed E-state index contributed by atoms with van der Waals surface area (Å²) in [5, 5.41) is 15.4. The number of hydrazone groups is 1. The first kappa shape index (κ1) is 26.0. The van der Waals surface area contributed by atoms with Gasteiger partial charge in [-0.25, -0.2) is 10.2 Å². The van der Waals surface area contributed by atoms with Crippen LogP contribution in [-0.2, 0) is 4.79 Å². The largest absolute Gasteiger partial charge is 0.493 e. The van der Waals surface area contributed by atoms with Gasteiger partial charge in [0.2, 0.25) is 5.75 Å². The van der Waals surface area contributed by atoms with Gasteiger partial charge in [-0.05, 0) is 48.5 Å². The fourth-order valence-electron chi connectivity index (χ4n) is 2.91. The highest BCUT2D eigenvalue weighted by molar-refractivity contribution is 9.10. The quantitative estimate of drug-likeness (QED) is 0.142. The van der Waals surface area contributed by atoms with Gasteiger partial charge in [-0.15, -0.1) is 0 Å². The highest BCUT2D eigenvalue weighted by Crippen LogP contribution is 2.32. The van der Waals surface area contributed by atoms with E-state index in [4.69, 9.17) is 14.2 Å². The van der Waals surface area contributed by atoms with Crippen LogP contribution in [0.5, 0.6) is 17.2 Å². The van der Waals surface area contributed by atoms with Gasteiger partial charge in [0.25, 0.3) is 5.91 Å². The average Bonchev–Trinajstić information content (AvgIpc) is 2.84. The smallest absolute Gasteiger partial charge is 0.343 e. The van der Waals surface area contributed by atoms with Crippen LogP contribution in [0.1, 0.15) is 33.2 Å². The summed E-state index contributed by atoms with van der Waals surface area (Å²) in [6.45, 7) is 1.21. The fourth-order valence-corrected chi connectivity index (χ4v) is 3.17. The molecule has 0 aromatic heterocycles. The van der Waals surface area contributed by atoms with Crippen molar-refractivity contribution in [3.63, 3.8) is 0 Å². The Balaban J connectivity index is 1.86. The molecule has 0 heterocycles. The third kappa shape index (κ3) is 6.51. The summed E-state index contributed by atoms with van der Waals surface area (Å²) in [7, 11) is 1.32. The number of hydrogen-bond donors (Lipinski definition) is 1. The van der Waals surface area contributed by atoms with Crippen LogP contribution in [0.3, 0.4) is 0 Å². The molecule has 1 N–H and O–H groups in total. The number of carbonyl (C=O) groups excluding carboxylic acids is 3. The topological polar surface area (TPSA) is 146 Å². The normalized spacial score (nSPS) is 10.5. The molecule has 3 aromatic carbocycles. The summed E-state index contributed by atoms with van der Waals surface area (Å²) in [6, 6.07) is 14.4. The first-order chi connectivity index (χ1) is 17.2. The van der Waals surface area contributed by atoms with Gasteiger partial charge in [-0.2, -0.15) is 5.10 Å². The standard InChI is InChI=1S/C24H18BrN3O8/c1-14(29)35-20-11-8-16(12-21(20)34-2)24(31)36-22-17(4-3-5-19(22)28(32)33)13-26-27-23(30)15-6-9-18(25)10-7-15/h3-13H,1-2H3,(H,27,30)/b26-13+. The van der Waals surface area contributed by atoms with Crippen molar-refractivity contribution in [3.05, 3.63) is 91.9 Å². The Morgan fingerprint density at radius 3 is 2.33 bits per heavy atom. The fraction of sp³-hybridized carbons (Fsp3) is 0.0833. The monoisotopic (exact) mass is 555 g/mol. The predicted octanol–water partition coefficient (Wildman–Crippen LogP) is 4.27. The van der Waals surface area contributed by atoms with Crippen molar-refractivity contribution in [3.8, 4) is 17.2 Å². The van der Waals surface area contributed by atoms with Gasteiger partial charge in [-0.3, -0.25) is 19.7 Å². The third-order valence-corrected chi connectivity index (χ3v) is 5.07. The van der Waals surface area contributed by atoms with Crippen LogP contribution in [0.4, 0.5) is 5.69 Å². The van der Waals surface area contributed by atoms with Gasteiger partial charge in [0.1, 0.15) is 0 Å². The summed E-state index contributed by atoms with van der Waals surface area (Å²) < 4.78 is 16.3. The maximum Gasteiger partial charge on any atom is 0.343 e. The zero-order valence-electron chi connectivity index (χ0n) is 18.9. The number of benzene rings is 3. The van der Waals surface area contributed by atoms with E-state index in [1.165, 1.54) is 44.4 Å². The zero-order chi connectivity index (χ0) is 26.2. The minimum atomic E-state index is -0.939. The first-order valence-corrected chi connectivity index (χ1v) is 10.9. The molecule has 0 atom stereocenters. The summed E-state index contributed by atoms with van der Waals surface area (Å²) in [4.78, 5) is 47.1. The number of esters is 2. The summed E-state index contributed by atoms with van der Waals surface area (Å²) in [6.07, 6.45) is 1.12. The molecule has 36 heavy (non-hydrogen) atoms. The van der Waals surface area contributed by atoms with E-state index >= 15 is 0 Å². The lowest BCUT2D eigenvalue weighted by Crippen LogP contribution is -2.17. The van der Waals surface area contributed by atoms with E-state index in [9.17, 15) is 24.5 Å². The zero-order valence-corrected chi connectivity index (χ0v) is 20.5. The van der Waals surface area contributed by atoms with Gasteiger partial charge < -0.3 is 14.2 Å². The molecule has 3 aromatic rings. The maximum atomic E-state index is 12.8. The number of nitro benzene ring substituents is 1. The van der Waals surface area contributed by atoms with Crippen LogP contribution in [-0.4, -0.2) is 36.1 Å². The van der Waals surface area contributed by atoms with E-state index in [0.29, 0.717) is 5.56 Å². The van der Waals surface area contributed by atoms with Gasteiger partial charge in [-0.1, -0.05) is 22.0 Å². The number of nitrogens with zero attached hydrogens (tertiary/aromatic N) is 2. The van der Waals surface area contributed by atoms with E-state index in [-0.39, 0.29) is 28.4 Å². The number of carbonyl (C=O) groups is 3. The Morgan fingerprint density at radius 1 is 1.00 bits per heavy atom. The SMILES string of the molecule is COc1cc(C(=O)Oc2c(/C=N/NC(=O)c3ccc(Br)cc3)cccc2[N+](=O)[O-])ccc1OC(C)=O. The van der Waals surface area contributed by atoms with E-state index in [1.54, 1.807) is 24.3 Å². The van der Waals surface area contributed by atoms with Crippen molar-refractivity contribution in [1.82, 2.24) is 5.43 Å². The summed E-state index contributed by atoms with van der Waals surface area (Å²) >= 11 is 3.28. The van der Waals surface area contributed by atoms with Crippen molar-refractivity contribution >= 4 is 45.7 Å². The number of nitro groups is 1. The molecule has 184 valence electrons. The molecule has 0 radical (unpaired) electrons. The van der Waals surface area contributed by atoms with Crippen molar-refractivity contribution < 1.29 is 33.5 Å². The van der Waals surface area contributed by atoms with Gasteiger partial charge in [0.05, 0.1) is 23.8 Å². The molecule has 0 aliphatic rings. The van der Waals surface area contributed by atoms with Crippen molar-refractivity contribution in [2.45, 2.75) is 6.92 Å². The molecule has 0 aliphatic heterocycles. The number of rotatable bonds is 8. The Hall–Kier alpha value is -4.58. The van der Waals surface area contributed by atoms with Crippen molar-refractivity contribution in [2.24, 2.45) is 5.10 Å². The molecular formula is C24H18BrN3O8. The van der Waals surface area contributed by atoms with Gasteiger partial charge in [0.15, 0.2) is 11.5 Å². The summed E-state index contributed by atoms with van der Waals surface area (Å²) in [5.41, 5.74) is 2.21. The van der Waals surface area contributed by atoms with Crippen LogP contribution >= 0.6 is 15.9 Å². The van der Waals surface area contributed by atoms with Gasteiger partial charge >= 0.3 is 17.6 Å². The lowest BCUT2D eigenvalue weighted by atomic mass is 10.1. The van der Waals surface area contributed by atoms with Crippen LogP contribution in [0.25, 0.3) is 0 Å². The molecule has 0 saturated carbocycles. The number of amides is 1. The van der Waals surface area contributed by atoms with Gasteiger partial charge in [0, 0.05) is 28.6 Å². The molecule has 1 amide bonds. The average molecular weight is 556 g/mol. The number of nitrogens with one attached hydrogen (secondary N) is 1. The first-order valence-electron chi connectivity index (χ1n) is 10.1. The number of methoxy groups -OCH3 is 1. The van der Waals surface area contributed by atoms with Crippen molar-refractivity contribution in [2.75, 3.05) is 7.11 Å². The molecule has 0 saturated heterocycles. The second-order valence-corrected chi connectivity index (χ2v) is 7.92. The minimum Gasteiger partial charge on any atom is -0.493 e. The lowest BCUT2D eigenvalue weighted by Gasteiger charge is -2.11. The Labute approximate surface area is 212 Å². The highest BCUT2D eigenvalue weighted by Gasteiger charge is 2.23. The van der Waals surface area contributed by atoms with Crippen LogP contribution < -0.4 is 19.6 Å². The predicted molar refractivity (Wildman–Crippen MR) is 132 cm³/mol. The van der Waals surface area contributed by atoms with E-state index in [0.717, 1.165) is 16.8 Å². The minimum absolute atomic E-state index is 0.0210. The maximum absolute atomic E-state index is 12.8. The molecular weight excluding hydrogens is 538 g/mol. The third-order valence-electron chi connectivity index (χ3n) is 4.55. The second kappa shape index (κ2) is 11.7. The summed E-state index contributed by atoms with van der Waals surface area (Å²) in [5.74, 6) is -2.24. The molecule has 0 bridgehead atoms. The van der Waals surface area contributed by atoms with E-state index < -0.39 is 28.5 Å². The molecule has 0 fully saturated rings. The van der Waals surface area contributed by atoms with E-state index in [2.05, 4.69) is 26.5 Å². The molecule has 3 rings (SSSR count). The number of para-hydroxylation sites is 1. The molecule has 0 aliphatic carbocycles. The number of ether oxygens (including phenoxy) is 3. The molecule has 0 unspecified atom stereocenters. The highest BCUT2D eigenvalue weighted by atomic mass is 79.9. The molecule has 0 spiro atoms. The van der Waals surface area contributed by atoms with E-state index in [1.807, 2.05) is 0 Å². The number of halogens is 1. The Morgan fingerprint density at radius 2 is 1.69 bits per heavy atom. The lowest BCUT2D eigenvalue weighted by molar-refractivity contribution is -0.385. The number of hydrogen-bond acceptors (Lipinski definition) is 9. The van der Waals surface area contributed by atoms with Crippen LogP contribution in [0.15, 0.2) is 70.2 Å². The van der Waals surface area contributed by atoms with Crippen molar-refractivity contribution in [1.29, 1.82) is 0 Å². The molecule has 11 nitrogen and oxygen atoms in total. The second-order valence-electron chi connectivity index (χ2n) is 7.01. The van der Waals surface area contributed by atoms with Crippen LogP contribution in [0.2, 0.25) is 0 Å². The van der Waals surface area contributed by atoms with Crippen LogP contribution in [0, 0.1) is 10.1 Å².